The Morgan fingerprint density at radius 2 is 2.44 bits per heavy atom. The second-order valence-electron chi connectivity index (χ2n) is 1.50. The molecule has 0 saturated carbocycles. The molecule has 0 atom stereocenters. The number of rotatable bonds is 3. The van der Waals surface area contributed by atoms with Crippen LogP contribution in [0.4, 0.5) is 0 Å². The monoisotopic (exact) mass is 129 g/mol. The molecule has 0 aliphatic heterocycles. The van der Waals surface area contributed by atoms with Crippen LogP contribution in [-0.4, -0.2) is 19.6 Å². The first-order chi connectivity index (χ1) is 4.31. The fourth-order valence-electron chi connectivity index (χ4n) is 0.344. The van der Waals surface area contributed by atoms with Crippen LogP contribution in [0.3, 0.4) is 0 Å². The van der Waals surface area contributed by atoms with Crippen LogP contribution in [0.15, 0.2) is 12.2 Å². The molecule has 0 bridgehead atoms. The highest BCUT2D eigenvalue weighted by Crippen LogP contribution is 1.80. The normalized spacial score (nSPS) is 10.0. The largest absolute Gasteiger partial charge is 0.466 e. The van der Waals surface area contributed by atoms with Crippen molar-refractivity contribution in [3.63, 3.8) is 0 Å². The van der Waals surface area contributed by atoms with E-state index in [1.54, 1.807) is 6.08 Å². The highest BCUT2D eigenvalue weighted by molar-refractivity contribution is 5.81. The number of hydrogen-bond donors (Lipinski definition) is 1. The summed E-state index contributed by atoms with van der Waals surface area (Å²) in [6, 6.07) is 0. The van der Waals surface area contributed by atoms with E-state index in [1.165, 1.54) is 13.2 Å². The quantitative estimate of drug-likeness (QED) is 0.433. The maximum Gasteiger partial charge on any atom is 0.330 e. The van der Waals surface area contributed by atoms with Gasteiger partial charge >= 0.3 is 5.97 Å². The molecular weight excluding hydrogens is 118 g/mol. The Labute approximate surface area is 54.5 Å². The van der Waals surface area contributed by atoms with Crippen LogP contribution in [0.2, 0.25) is 0 Å². The molecule has 0 rings (SSSR count). The maximum atomic E-state index is 10.3. The van der Waals surface area contributed by atoms with E-state index in [4.69, 9.17) is 5.73 Å². The van der Waals surface area contributed by atoms with Gasteiger partial charge in [-0.05, 0) is 13.0 Å². The van der Waals surface area contributed by atoms with Crippen molar-refractivity contribution in [3.05, 3.63) is 12.2 Å². The van der Waals surface area contributed by atoms with Crippen molar-refractivity contribution in [3.8, 4) is 0 Å². The van der Waals surface area contributed by atoms with Crippen molar-refractivity contribution in [1.82, 2.24) is 0 Å². The fraction of sp³-hybridized carbons (Fsp3) is 0.500. The Morgan fingerprint density at radius 1 is 1.78 bits per heavy atom. The van der Waals surface area contributed by atoms with Gasteiger partial charge in [-0.1, -0.05) is 6.08 Å². The van der Waals surface area contributed by atoms with Crippen molar-refractivity contribution in [2.45, 2.75) is 6.42 Å². The smallest absolute Gasteiger partial charge is 0.330 e. The Hall–Kier alpha value is -0.830. The van der Waals surface area contributed by atoms with E-state index >= 15 is 0 Å². The Bertz CT molecular complexity index is 110. The molecule has 2 N–H and O–H groups in total. The summed E-state index contributed by atoms with van der Waals surface area (Å²) in [5.74, 6) is -0.330. The van der Waals surface area contributed by atoms with Gasteiger partial charge in [0.15, 0.2) is 0 Å². The summed E-state index contributed by atoms with van der Waals surface area (Å²) >= 11 is 0. The molecule has 0 amide bonds. The van der Waals surface area contributed by atoms with Gasteiger partial charge in [-0.25, -0.2) is 4.79 Å². The van der Waals surface area contributed by atoms with E-state index in [2.05, 4.69) is 4.74 Å². The molecule has 0 heterocycles. The van der Waals surface area contributed by atoms with Crippen LogP contribution in [0.1, 0.15) is 6.42 Å². The molecule has 0 unspecified atom stereocenters. The summed E-state index contributed by atoms with van der Waals surface area (Å²) in [4.78, 5) is 10.3. The number of carbonyl (C=O) groups is 1. The molecule has 0 aromatic carbocycles. The highest BCUT2D eigenvalue weighted by atomic mass is 16.5. The average molecular weight is 129 g/mol. The average Bonchev–Trinajstić information content (AvgIpc) is 1.89. The Morgan fingerprint density at radius 3 is 2.89 bits per heavy atom. The Balaban J connectivity index is 3.32. The van der Waals surface area contributed by atoms with Gasteiger partial charge in [-0.3, -0.25) is 0 Å². The second-order valence-corrected chi connectivity index (χ2v) is 1.50. The lowest BCUT2D eigenvalue weighted by Crippen LogP contribution is -1.97. The fourth-order valence-corrected chi connectivity index (χ4v) is 0.344. The molecule has 52 valence electrons. The predicted molar refractivity (Wildman–Crippen MR) is 34.8 cm³/mol. The molecule has 0 aromatic heterocycles. The lowest BCUT2D eigenvalue weighted by molar-refractivity contribution is -0.134. The standard InChI is InChI=1S/C6H11NO2/c1-9-6(8)4-2-3-5-7/h2,4H,3,5,7H2,1H3/b4-2+. The van der Waals surface area contributed by atoms with E-state index in [1.807, 2.05) is 0 Å². The first-order valence-electron chi connectivity index (χ1n) is 2.76. The Kier molecular flexibility index (Phi) is 4.82. The van der Waals surface area contributed by atoms with Crippen molar-refractivity contribution in [1.29, 1.82) is 0 Å². The van der Waals surface area contributed by atoms with Gasteiger partial charge in [-0.15, -0.1) is 0 Å². The third-order valence-corrected chi connectivity index (χ3v) is 0.788. The van der Waals surface area contributed by atoms with Gasteiger partial charge in [0.05, 0.1) is 7.11 Å². The second kappa shape index (κ2) is 5.31. The highest BCUT2D eigenvalue weighted by Gasteiger charge is 1.86. The minimum atomic E-state index is -0.330. The lowest BCUT2D eigenvalue weighted by atomic mass is 10.4. The van der Waals surface area contributed by atoms with Crippen molar-refractivity contribution in [2.24, 2.45) is 5.73 Å². The van der Waals surface area contributed by atoms with E-state index in [9.17, 15) is 4.79 Å². The molecule has 3 heteroatoms. The van der Waals surface area contributed by atoms with Crippen molar-refractivity contribution in [2.75, 3.05) is 13.7 Å². The van der Waals surface area contributed by atoms with Gasteiger partial charge in [0.1, 0.15) is 0 Å². The summed E-state index contributed by atoms with van der Waals surface area (Å²) in [7, 11) is 1.34. The van der Waals surface area contributed by atoms with Gasteiger partial charge in [0.2, 0.25) is 0 Å². The molecule has 3 nitrogen and oxygen atoms in total. The minimum Gasteiger partial charge on any atom is -0.466 e. The number of nitrogens with two attached hydrogens (primary N) is 1. The minimum absolute atomic E-state index is 0.330. The van der Waals surface area contributed by atoms with Gasteiger partial charge in [0, 0.05) is 6.08 Å². The van der Waals surface area contributed by atoms with Crippen molar-refractivity contribution < 1.29 is 9.53 Å². The molecule has 0 spiro atoms. The predicted octanol–water partition coefficient (Wildman–Crippen LogP) is 0.0644. The third-order valence-electron chi connectivity index (χ3n) is 0.788. The number of esters is 1. The summed E-state index contributed by atoms with van der Waals surface area (Å²) < 4.78 is 4.33. The molecule has 0 fully saturated rings. The van der Waals surface area contributed by atoms with Gasteiger partial charge in [0.25, 0.3) is 0 Å². The summed E-state index contributed by atoms with van der Waals surface area (Å²) in [6.07, 6.45) is 3.77. The SMILES string of the molecule is COC(=O)/C=C/CCN. The van der Waals surface area contributed by atoms with Crippen LogP contribution in [0, 0.1) is 0 Å². The molecule has 0 aliphatic rings. The molecule has 0 saturated heterocycles. The number of carbonyl (C=O) groups excluding carboxylic acids is 1. The zero-order chi connectivity index (χ0) is 7.11. The molecule has 9 heavy (non-hydrogen) atoms. The summed E-state index contributed by atoms with van der Waals surface area (Å²) in [5.41, 5.74) is 5.15. The van der Waals surface area contributed by atoms with E-state index in [-0.39, 0.29) is 5.97 Å². The van der Waals surface area contributed by atoms with Crippen LogP contribution in [0.25, 0.3) is 0 Å². The van der Waals surface area contributed by atoms with E-state index in [0.29, 0.717) is 6.54 Å². The van der Waals surface area contributed by atoms with Gasteiger partial charge < -0.3 is 10.5 Å². The van der Waals surface area contributed by atoms with Crippen LogP contribution in [-0.2, 0) is 9.53 Å². The van der Waals surface area contributed by atoms with Crippen molar-refractivity contribution >= 4 is 5.97 Å². The maximum absolute atomic E-state index is 10.3. The molecular formula is C6H11NO2. The number of hydrogen-bond acceptors (Lipinski definition) is 3. The molecule has 0 radical (unpaired) electrons. The summed E-state index contributed by atoms with van der Waals surface area (Å²) in [6.45, 7) is 0.563. The molecule has 0 aliphatic carbocycles. The topological polar surface area (TPSA) is 52.3 Å². The van der Waals surface area contributed by atoms with Crippen LogP contribution >= 0.6 is 0 Å². The first kappa shape index (κ1) is 8.17. The molecule has 0 aromatic rings. The summed E-state index contributed by atoms with van der Waals surface area (Å²) in [5, 5.41) is 0. The van der Waals surface area contributed by atoms with E-state index in [0.717, 1.165) is 6.42 Å². The zero-order valence-corrected chi connectivity index (χ0v) is 5.46. The zero-order valence-electron chi connectivity index (χ0n) is 5.46. The number of methoxy groups -OCH3 is 1. The van der Waals surface area contributed by atoms with Gasteiger partial charge in [-0.2, -0.15) is 0 Å². The third kappa shape index (κ3) is 5.03. The lowest BCUT2D eigenvalue weighted by Gasteiger charge is -1.87. The number of ether oxygens (including phenoxy) is 1. The first-order valence-corrected chi connectivity index (χ1v) is 2.76. The van der Waals surface area contributed by atoms with Crippen LogP contribution in [0.5, 0.6) is 0 Å². The van der Waals surface area contributed by atoms with Crippen LogP contribution < -0.4 is 5.73 Å². The van der Waals surface area contributed by atoms with E-state index < -0.39 is 0 Å².